The van der Waals surface area contributed by atoms with Gasteiger partial charge in [0.1, 0.15) is 0 Å². The highest BCUT2D eigenvalue weighted by Crippen LogP contribution is 2.40. The zero-order chi connectivity index (χ0) is 21.4. The van der Waals surface area contributed by atoms with E-state index in [1.165, 1.54) is 12.1 Å². The number of allylic oxidation sites excluding steroid dienone is 2. The molecule has 0 aliphatic heterocycles. The molecular weight excluding hydrogens is 401 g/mol. The maximum absolute atomic E-state index is 13.5. The third-order valence-electron chi connectivity index (χ3n) is 3.53. The molecule has 1 N–H and O–H groups in total. The summed E-state index contributed by atoms with van der Waals surface area (Å²) in [5.74, 6) is -1.61. The average Bonchev–Trinajstić information content (AvgIpc) is 2.60. The minimum atomic E-state index is -5.05. The summed E-state index contributed by atoms with van der Waals surface area (Å²) in [5, 5.41) is 10.4. The van der Waals surface area contributed by atoms with Crippen molar-refractivity contribution in [1.29, 1.82) is 0 Å². The molecule has 0 aromatic heterocycles. The van der Waals surface area contributed by atoms with Gasteiger partial charge in [0.05, 0.1) is 19.6 Å². The molecule has 0 aliphatic rings. The number of ether oxygens (including phenoxy) is 2. The summed E-state index contributed by atoms with van der Waals surface area (Å²) >= 11 is 5.68. The van der Waals surface area contributed by atoms with Crippen molar-refractivity contribution in [1.82, 2.24) is 0 Å². The zero-order valence-electron chi connectivity index (χ0n) is 15.3. The number of carbonyl (C=O) groups excluding carboxylic acids is 2. The Kier molecular flexibility index (Phi) is 8.71. The van der Waals surface area contributed by atoms with Crippen LogP contribution in [0.25, 0.3) is 0 Å². The summed E-state index contributed by atoms with van der Waals surface area (Å²) in [5.41, 5.74) is -3.99. The fourth-order valence-electron chi connectivity index (χ4n) is 2.15. The molecular formula is C19H20ClF3O5. The number of esters is 2. The summed E-state index contributed by atoms with van der Waals surface area (Å²) in [7, 11) is 0. The fourth-order valence-corrected chi connectivity index (χ4v) is 2.28. The molecule has 1 aromatic carbocycles. The molecule has 0 saturated heterocycles. The van der Waals surface area contributed by atoms with Crippen LogP contribution in [0.1, 0.15) is 25.8 Å². The van der Waals surface area contributed by atoms with Crippen LogP contribution in [0.5, 0.6) is 0 Å². The Labute approximate surface area is 165 Å². The molecule has 5 nitrogen and oxygen atoms in total. The first kappa shape index (κ1) is 23.7. The Morgan fingerprint density at radius 3 is 2.18 bits per heavy atom. The number of halogens is 4. The second-order valence-electron chi connectivity index (χ2n) is 5.52. The Bertz CT molecular complexity index is 741. The summed E-state index contributed by atoms with van der Waals surface area (Å²) in [6, 6.07) is 4.49. The molecule has 0 amide bonds. The van der Waals surface area contributed by atoms with Gasteiger partial charge in [-0.2, -0.15) is 13.2 Å². The molecule has 154 valence electrons. The SMILES string of the molecule is CCOC(=O)C/C(=C\C=C\C(O)(c1ccc(Cl)cc1)C(F)(F)F)C(=O)OCC. The predicted octanol–water partition coefficient (Wildman–Crippen LogP) is 4.09. The highest BCUT2D eigenvalue weighted by molar-refractivity contribution is 6.30. The van der Waals surface area contributed by atoms with Crippen molar-refractivity contribution in [3.63, 3.8) is 0 Å². The predicted molar refractivity (Wildman–Crippen MR) is 96.5 cm³/mol. The molecule has 28 heavy (non-hydrogen) atoms. The lowest BCUT2D eigenvalue weighted by atomic mass is 9.92. The smallest absolute Gasteiger partial charge is 0.425 e. The third-order valence-corrected chi connectivity index (χ3v) is 3.78. The summed E-state index contributed by atoms with van der Waals surface area (Å²) in [4.78, 5) is 23.5. The van der Waals surface area contributed by atoms with Gasteiger partial charge in [-0.1, -0.05) is 35.9 Å². The number of hydrogen-bond acceptors (Lipinski definition) is 5. The van der Waals surface area contributed by atoms with Crippen LogP contribution in [0.4, 0.5) is 13.2 Å². The minimum Gasteiger partial charge on any atom is -0.466 e. The molecule has 0 saturated carbocycles. The van der Waals surface area contributed by atoms with E-state index in [-0.39, 0.29) is 23.8 Å². The quantitative estimate of drug-likeness (QED) is 0.389. The van der Waals surface area contributed by atoms with E-state index in [0.29, 0.717) is 6.08 Å². The van der Waals surface area contributed by atoms with Crippen LogP contribution >= 0.6 is 11.6 Å². The fraction of sp³-hybridized carbons (Fsp3) is 0.368. The highest BCUT2D eigenvalue weighted by atomic mass is 35.5. The molecule has 1 atom stereocenters. The van der Waals surface area contributed by atoms with Gasteiger partial charge in [0.2, 0.25) is 5.60 Å². The van der Waals surface area contributed by atoms with Gasteiger partial charge in [0, 0.05) is 10.6 Å². The van der Waals surface area contributed by atoms with Gasteiger partial charge in [0.25, 0.3) is 0 Å². The van der Waals surface area contributed by atoms with Crippen LogP contribution in [0, 0.1) is 0 Å². The number of hydrogen-bond donors (Lipinski definition) is 1. The maximum atomic E-state index is 13.5. The molecule has 1 aromatic rings. The van der Waals surface area contributed by atoms with Crippen molar-refractivity contribution >= 4 is 23.5 Å². The number of alkyl halides is 3. The Hall–Kier alpha value is -2.32. The normalized spacial score (nSPS) is 14.6. The van der Waals surface area contributed by atoms with Crippen LogP contribution in [0.2, 0.25) is 5.02 Å². The number of aliphatic hydroxyl groups is 1. The van der Waals surface area contributed by atoms with Gasteiger partial charge in [-0.25, -0.2) is 4.79 Å². The van der Waals surface area contributed by atoms with Crippen molar-refractivity contribution in [3.8, 4) is 0 Å². The largest absolute Gasteiger partial charge is 0.466 e. The Morgan fingerprint density at radius 1 is 1.11 bits per heavy atom. The molecule has 0 radical (unpaired) electrons. The van der Waals surface area contributed by atoms with Crippen LogP contribution < -0.4 is 0 Å². The summed E-state index contributed by atoms with van der Waals surface area (Å²) in [6.45, 7) is 3.20. The average molecular weight is 421 g/mol. The van der Waals surface area contributed by atoms with Crippen LogP contribution in [-0.4, -0.2) is 36.4 Å². The standard InChI is InChI=1S/C19H20ClF3O5/c1-3-27-16(24)12-13(17(25)28-4-2)6-5-11-18(26,19(21,22)23)14-7-9-15(20)10-8-14/h5-11,26H,3-4,12H2,1-2H3/b11-5+,13-6+. The monoisotopic (exact) mass is 420 g/mol. The minimum absolute atomic E-state index is 0.0139. The lowest BCUT2D eigenvalue weighted by Gasteiger charge is -2.27. The van der Waals surface area contributed by atoms with Crippen LogP contribution in [0.3, 0.4) is 0 Å². The number of benzene rings is 1. The van der Waals surface area contributed by atoms with E-state index >= 15 is 0 Å². The first-order chi connectivity index (χ1) is 13.0. The Morgan fingerprint density at radius 2 is 1.68 bits per heavy atom. The second kappa shape index (κ2) is 10.3. The topological polar surface area (TPSA) is 72.8 Å². The lowest BCUT2D eigenvalue weighted by Crippen LogP contribution is -2.40. The van der Waals surface area contributed by atoms with Gasteiger partial charge in [-0.3, -0.25) is 4.79 Å². The molecule has 0 bridgehead atoms. The van der Waals surface area contributed by atoms with Crippen molar-refractivity contribution in [3.05, 3.63) is 58.7 Å². The lowest BCUT2D eigenvalue weighted by molar-refractivity contribution is -0.245. The van der Waals surface area contributed by atoms with E-state index in [1.54, 1.807) is 13.8 Å². The second-order valence-corrected chi connectivity index (χ2v) is 5.96. The molecule has 9 heteroatoms. The van der Waals surface area contributed by atoms with Crippen LogP contribution in [0.15, 0.2) is 48.1 Å². The van der Waals surface area contributed by atoms with E-state index in [1.807, 2.05) is 0 Å². The molecule has 0 aliphatic carbocycles. The van der Waals surface area contributed by atoms with Crippen LogP contribution in [-0.2, 0) is 24.7 Å². The van der Waals surface area contributed by atoms with Gasteiger partial charge in [-0.05, 0) is 37.6 Å². The van der Waals surface area contributed by atoms with Crippen molar-refractivity contribution < 1.29 is 37.3 Å². The zero-order valence-corrected chi connectivity index (χ0v) is 16.0. The molecule has 1 rings (SSSR count). The van der Waals surface area contributed by atoms with Gasteiger partial charge in [0.15, 0.2) is 0 Å². The van der Waals surface area contributed by atoms with Crippen molar-refractivity contribution in [2.24, 2.45) is 0 Å². The van der Waals surface area contributed by atoms with Gasteiger partial charge >= 0.3 is 18.1 Å². The molecule has 0 fully saturated rings. The molecule has 0 heterocycles. The van der Waals surface area contributed by atoms with E-state index < -0.39 is 35.7 Å². The van der Waals surface area contributed by atoms with Crippen molar-refractivity contribution in [2.45, 2.75) is 32.0 Å². The third kappa shape index (κ3) is 6.38. The first-order valence-corrected chi connectivity index (χ1v) is 8.69. The number of rotatable bonds is 8. The van der Waals surface area contributed by atoms with Gasteiger partial charge in [-0.15, -0.1) is 0 Å². The summed E-state index contributed by atoms with van der Waals surface area (Å²) < 4.78 is 50.0. The Balaban J connectivity index is 3.24. The van der Waals surface area contributed by atoms with Gasteiger partial charge < -0.3 is 14.6 Å². The van der Waals surface area contributed by atoms with E-state index in [2.05, 4.69) is 0 Å². The van der Waals surface area contributed by atoms with Crippen molar-refractivity contribution in [2.75, 3.05) is 13.2 Å². The van der Waals surface area contributed by atoms with E-state index in [9.17, 15) is 27.9 Å². The maximum Gasteiger partial charge on any atom is 0.425 e. The highest BCUT2D eigenvalue weighted by Gasteiger charge is 2.53. The first-order valence-electron chi connectivity index (χ1n) is 8.31. The summed E-state index contributed by atoms with van der Waals surface area (Å²) in [6.07, 6.45) is -3.24. The molecule has 1 unspecified atom stereocenters. The van der Waals surface area contributed by atoms with E-state index in [4.69, 9.17) is 21.1 Å². The number of carbonyl (C=O) groups is 2. The molecule has 0 spiro atoms. The van der Waals surface area contributed by atoms with E-state index in [0.717, 1.165) is 24.3 Å².